The molecule has 0 radical (unpaired) electrons. The first-order valence-electron chi connectivity index (χ1n) is 4.91. The van der Waals surface area contributed by atoms with Gasteiger partial charge in [0, 0.05) is 30.3 Å². The summed E-state index contributed by atoms with van der Waals surface area (Å²) >= 11 is 3.43. The predicted octanol–water partition coefficient (Wildman–Crippen LogP) is 1.73. The maximum atomic E-state index is 11.5. The maximum Gasteiger partial charge on any atom is 0.241 e. The molecule has 0 saturated carbocycles. The Labute approximate surface area is 97.8 Å². The summed E-state index contributed by atoms with van der Waals surface area (Å²) in [5, 5.41) is 0. The number of benzene rings is 1. The van der Waals surface area contributed by atoms with Crippen molar-refractivity contribution in [1.29, 1.82) is 0 Å². The molecule has 1 aromatic rings. The molecule has 15 heavy (non-hydrogen) atoms. The van der Waals surface area contributed by atoms with E-state index in [0.717, 1.165) is 23.2 Å². The highest BCUT2D eigenvalue weighted by Gasteiger charge is 2.20. The minimum absolute atomic E-state index is 0.182. The fourth-order valence-corrected chi connectivity index (χ4v) is 2.04. The molecular formula is C11H13BrN2O. The molecule has 0 N–H and O–H groups in total. The monoisotopic (exact) mass is 268 g/mol. The molecule has 0 unspecified atom stereocenters. The van der Waals surface area contributed by atoms with E-state index in [2.05, 4.69) is 20.8 Å². The van der Waals surface area contributed by atoms with E-state index in [1.54, 1.807) is 4.90 Å². The van der Waals surface area contributed by atoms with Crippen molar-refractivity contribution in [2.45, 2.75) is 0 Å². The van der Waals surface area contributed by atoms with Gasteiger partial charge in [0.25, 0.3) is 0 Å². The van der Waals surface area contributed by atoms with Gasteiger partial charge in [-0.3, -0.25) is 4.79 Å². The molecular weight excluding hydrogens is 256 g/mol. The van der Waals surface area contributed by atoms with Crippen molar-refractivity contribution in [1.82, 2.24) is 4.90 Å². The van der Waals surface area contributed by atoms with Crippen LogP contribution in [0.5, 0.6) is 0 Å². The molecule has 1 saturated heterocycles. The van der Waals surface area contributed by atoms with Gasteiger partial charge >= 0.3 is 0 Å². The summed E-state index contributed by atoms with van der Waals surface area (Å²) in [4.78, 5) is 15.4. The Morgan fingerprint density at radius 1 is 1.33 bits per heavy atom. The summed E-state index contributed by atoms with van der Waals surface area (Å²) in [7, 11) is 1.85. The summed E-state index contributed by atoms with van der Waals surface area (Å²) in [5.41, 5.74) is 1.10. The highest BCUT2D eigenvalue weighted by atomic mass is 79.9. The van der Waals surface area contributed by atoms with Crippen LogP contribution in [0.25, 0.3) is 0 Å². The van der Waals surface area contributed by atoms with Crippen molar-refractivity contribution >= 4 is 27.5 Å². The third-order valence-electron chi connectivity index (χ3n) is 2.63. The second kappa shape index (κ2) is 4.23. The van der Waals surface area contributed by atoms with Crippen LogP contribution in [0.2, 0.25) is 0 Å². The quantitative estimate of drug-likeness (QED) is 0.775. The number of piperazine rings is 1. The Morgan fingerprint density at radius 3 is 2.80 bits per heavy atom. The van der Waals surface area contributed by atoms with Crippen LogP contribution < -0.4 is 4.90 Å². The normalized spacial score (nSPS) is 17.1. The van der Waals surface area contributed by atoms with Gasteiger partial charge in [-0.1, -0.05) is 22.0 Å². The van der Waals surface area contributed by atoms with Crippen LogP contribution in [-0.2, 0) is 4.79 Å². The first-order chi connectivity index (χ1) is 7.16. The lowest BCUT2D eigenvalue weighted by Crippen LogP contribution is -2.48. The van der Waals surface area contributed by atoms with Crippen molar-refractivity contribution in [2.24, 2.45) is 0 Å². The molecule has 1 heterocycles. The Hall–Kier alpha value is -1.03. The van der Waals surface area contributed by atoms with Crippen molar-refractivity contribution in [3.05, 3.63) is 28.7 Å². The zero-order valence-corrected chi connectivity index (χ0v) is 10.2. The molecule has 1 aromatic carbocycles. The molecule has 0 aliphatic carbocycles. The standard InChI is InChI=1S/C11H13BrN2O/c1-13-5-6-14(8-11(13)15)10-4-2-3-9(12)7-10/h2-4,7H,5-6,8H2,1H3. The summed E-state index contributed by atoms with van der Waals surface area (Å²) < 4.78 is 1.05. The van der Waals surface area contributed by atoms with Gasteiger partial charge in [-0.15, -0.1) is 0 Å². The molecule has 1 aliphatic heterocycles. The van der Waals surface area contributed by atoms with E-state index in [4.69, 9.17) is 0 Å². The van der Waals surface area contributed by atoms with Gasteiger partial charge in [0.05, 0.1) is 6.54 Å². The first-order valence-corrected chi connectivity index (χ1v) is 5.70. The number of likely N-dealkylation sites (N-methyl/N-ethyl adjacent to an activating group) is 1. The fourth-order valence-electron chi connectivity index (χ4n) is 1.65. The van der Waals surface area contributed by atoms with Gasteiger partial charge < -0.3 is 9.80 Å². The van der Waals surface area contributed by atoms with E-state index in [0.29, 0.717) is 6.54 Å². The molecule has 1 aliphatic rings. The zero-order valence-electron chi connectivity index (χ0n) is 8.61. The number of hydrogen-bond acceptors (Lipinski definition) is 2. The third-order valence-corrected chi connectivity index (χ3v) is 3.12. The maximum absolute atomic E-state index is 11.5. The van der Waals surface area contributed by atoms with Gasteiger partial charge in [0.2, 0.25) is 5.91 Å². The Kier molecular flexibility index (Phi) is 2.95. The number of nitrogens with zero attached hydrogens (tertiary/aromatic N) is 2. The van der Waals surface area contributed by atoms with Crippen LogP contribution in [0.1, 0.15) is 0 Å². The number of hydrogen-bond donors (Lipinski definition) is 0. The molecule has 0 bridgehead atoms. The van der Waals surface area contributed by atoms with Crippen molar-refractivity contribution in [3.8, 4) is 0 Å². The number of rotatable bonds is 1. The number of carbonyl (C=O) groups excluding carboxylic acids is 1. The zero-order chi connectivity index (χ0) is 10.8. The number of carbonyl (C=O) groups is 1. The average Bonchev–Trinajstić information content (AvgIpc) is 2.22. The summed E-state index contributed by atoms with van der Waals surface area (Å²) in [5.74, 6) is 0.182. The van der Waals surface area contributed by atoms with Gasteiger partial charge in [0.15, 0.2) is 0 Å². The average molecular weight is 269 g/mol. The molecule has 0 aromatic heterocycles. The minimum Gasteiger partial charge on any atom is -0.360 e. The lowest BCUT2D eigenvalue weighted by Gasteiger charge is -2.33. The largest absolute Gasteiger partial charge is 0.360 e. The summed E-state index contributed by atoms with van der Waals surface area (Å²) in [6.07, 6.45) is 0. The molecule has 80 valence electrons. The molecule has 4 heteroatoms. The van der Waals surface area contributed by atoms with E-state index < -0.39 is 0 Å². The second-order valence-electron chi connectivity index (χ2n) is 3.72. The van der Waals surface area contributed by atoms with Crippen LogP contribution in [0.15, 0.2) is 28.7 Å². The predicted molar refractivity (Wildman–Crippen MR) is 64.0 cm³/mol. The molecule has 2 rings (SSSR count). The molecule has 3 nitrogen and oxygen atoms in total. The van der Waals surface area contributed by atoms with Crippen LogP contribution in [0.3, 0.4) is 0 Å². The van der Waals surface area contributed by atoms with Crippen LogP contribution in [0, 0.1) is 0 Å². The first kappa shape index (κ1) is 10.5. The third kappa shape index (κ3) is 2.31. The molecule has 0 atom stereocenters. The van der Waals surface area contributed by atoms with Crippen LogP contribution >= 0.6 is 15.9 Å². The SMILES string of the molecule is CN1CCN(c2cccc(Br)c2)CC1=O. The summed E-state index contributed by atoms with van der Waals surface area (Å²) in [6.45, 7) is 2.18. The number of amides is 1. The van der Waals surface area contributed by atoms with Crippen molar-refractivity contribution in [2.75, 3.05) is 31.6 Å². The fraction of sp³-hybridized carbons (Fsp3) is 0.364. The van der Waals surface area contributed by atoms with E-state index in [9.17, 15) is 4.79 Å². The topological polar surface area (TPSA) is 23.6 Å². The Morgan fingerprint density at radius 2 is 2.13 bits per heavy atom. The minimum atomic E-state index is 0.182. The molecule has 1 amide bonds. The Balaban J connectivity index is 2.15. The van der Waals surface area contributed by atoms with Gasteiger partial charge in [-0.2, -0.15) is 0 Å². The molecule has 0 spiro atoms. The highest BCUT2D eigenvalue weighted by molar-refractivity contribution is 9.10. The van der Waals surface area contributed by atoms with E-state index in [1.165, 1.54) is 0 Å². The lowest BCUT2D eigenvalue weighted by molar-refractivity contribution is -0.129. The van der Waals surface area contributed by atoms with Gasteiger partial charge in [-0.05, 0) is 18.2 Å². The number of anilines is 1. The Bertz CT molecular complexity index is 381. The smallest absolute Gasteiger partial charge is 0.241 e. The van der Waals surface area contributed by atoms with Gasteiger partial charge in [-0.25, -0.2) is 0 Å². The van der Waals surface area contributed by atoms with Crippen molar-refractivity contribution in [3.63, 3.8) is 0 Å². The highest BCUT2D eigenvalue weighted by Crippen LogP contribution is 2.20. The molecule has 1 fully saturated rings. The van der Waals surface area contributed by atoms with Gasteiger partial charge in [0.1, 0.15) is 0 Å². The van der Waals surface area contributed by atoms with E-state index in [-0.39, 0.29) is 5.91 Å². The number of halogens is 1. The van der Waals surface area contributed by atoms with Crippen molar-refractivity contribution < 1.29 is 4.79 Å². The summed E-state index contributed by atoms with van der Waals surface area (Å²) in [6, 6.07) is 8.05. The van der Waals surface area contributed by atoms with E-state index in [1.807, 2.05) is 31.3 Å². The van der Waals surface area contributed by atoms with Crippen LogP contribution in [0.4, 0.5) is 5.69 Å². The van der Waals surface area contributed by atoms with E-state index >= 15 is 0 Å². The van der Waals surface area contributed by atoms with Crippen LogP contribution in [-0.4, -0.2) is 37.5 Å². The lowest BCUT2D eigenvalue weighted by atomic mass is 10.2. The second-order valence-corrected chi connectivity index (χ2v) is 4.63.